The monoisotopic (exact) mass is 332 g/mol. The van der Waals surface area contributed by atoms with Crippen LogP contribution >= 0.6 is 0 Å². The van der Waals surface area contributed by atoms with Crippen molar-refractivity contribution in [3.63, 3.8) is 0 Å². The van der Waals surface area contributed by atoms with Crippen molar-refractivity contribution in [2.24, 2.45) is 0 Å². The summed E-state index contributed by atoms with van der Waals surface area (Å²) in [5.41, 5.74) is 7.97. The van der Waals surface area contributed by atoms with Crippen LogP contribution in [0, 0.1) is 34.6 Å². The van der Waals surface area contributed by atoms with Gasteiger partial charge in [-0.05, 0) is 81.1 Å². The highest BCUT2D eigenvalue weighted by Crippen LogP contribution is 2.22. The highest BCUT2D eigenvalue weighted by atomic mass is 15.1. The Morgan fingerprint density at radius 2 is 1.16 bits per heavy atom. The van der Waals surface area contributed by atoms with Crippen molar-refractivity contribution >= 4 is 23.1 Å². The van der Waals surface area contributed by atoms with E-state index in [9.17, 15) is 0 Å². The van der Waals surface area contributed by atoms with Crippen molar-refractivity contribution in [1.29, 1.82) is 0 Å². The normalized spacial score (nSPS) is 10.6. The third-order valence-electron chi connectivity index (χ3n) is 4.40. The van der Waals surface area contributed by atoms with Gasteiger partial charge in [-0.25, -0.2) is 4.98 Å². The second-order valence-corrected chi connectivity index (χ2v) is 6.57. The lowest BCUT2D eigenvalue weighted by atomic mass is 10.1. The van der Waals surface area contributed by atoms with Crippen molar-refractivity contribution in [3.8, 4) is 0 Å². The number of rotatable bonds is 4. The molecule has 0 aliphatic heterocycles. The molecule has 1 aromatic heterocycles. The summed E-state index contributed by atoms with van der Waals surface area (Å²) in [5.74, 6) is 1.37. The largest absolute Gasteiger partial charge is 0.340 e. The number of hydrogen-bond acceptors (Lipinski definition) is 4. The highest BCUT2D eigenvalue weighted by molar-refractivity contribution is 5.61. The van der Waals surface area contributed by atoms with Gasteiger partial charge in [-0.15, -0.1) is 0 Å². The quantitative estimate of drug-likeness (QED) is 0.662. The predicted molar refractivity (Wildman–Crippen MR) is 105 cm³/mol. The first-order valence-electron chi connectivity index (χ1n) is 8.45. The van der Waals surface area contributed by atoms with E-state index in [0.717, 1.165) is 22.9 Å². The summed E-state index contributed by atoms with van der Waals surface area (Å²) in [4.78, 5) is 9.09. The molecule has 2 N–H and O–H groups in total. The van der Waals surface area contributed by atoms with Gasteiger partial charge in [0.15, 0.2) is 0 Å². The van der Waals surface area contributed by atoms with E-state index in [-0.39, 0.29) is 0 Å². The molecule has 0 spiro atoms. The predicted octanol–water partition coefficient (Wildman–Crippen LogP) is 5.51. The Morgan fingerprint density at radius 1 is 0.600 bits per heavy atom. The maximum Gasteiger partial charge on any atom is 0.229 e. The third kappa shape index (κ3) is 4.15. The van der Waals surface area contributed by atoms with Crippen LogP contribution in [0.2, 0.25) is 0 Å². The molecule has 0 aliphatic rings. The van der Waals surface area contributed by atoms with Gasteiger partial charge in [0.25, 0.3) is 0 Å². The molecule has 0 bridgehead atoms. The van der Waals surface area contributed by atoms with E-state index >= 15 is 0 Å². The lowest BCUT2D eigenvalue weighted by molar-refractivity contribution is 1.11. The molecule has 3 aromatic rings. The van der Waals surface area contributed by atoms with Crippen molar-refractivity contribution in [2.75, 3.05) is 10.6 Å². The van der Waals surface area contributed by atoms with Gasteiger partial charge < -0.3 is 10.6 Å². The van der Waals surface area contributed by atoms with Crippen LogP contribution in [-0.2, 0) is 0 Å². The SMILES string of the molecule is Cc1cc(Nc2ccc(C)c(C)c2)nc(Nc2ccc(C)c(C)c2)n1. The van der Waals surface area contributed by atoms with Crippen LogP contribution in [0.4, 0.5) is 23.1 Å². The van der Waals surface area contributed by atoms with E-state index in [0.29, 0.717) is 5.95 Å². The zero-order valence-electron chi connectivity index (χ0n) is 15.4. The molecule has 128 valence electrons. The molecule has 3 rings (SSSR count). The topological polar surface area (TPSA) is 49.8 Å². The molecule has 0 saturated carbocycles. The standard InChI is InChI=1S/C21H24N4/c1-13-6-8-18(10-15(13)3)23-20-12-17(5)22-21(25-20)24-19-9-7-14(2)16(4)11-19/h6-12H,1-5H3,(H2,22,23,24,25). The van der Waals surface area contributed by atoms with Crippen LogP contribution in [0.25, 0.3) is 0 Å². The van der Waals surface area contributed by atoms with E-state index < -0.39 is 0 Å². The molecule has 0 saturated heterocycles. The number of nitrogens with zero attached hydrogens (tertiary/aromatic N) is 2. The van der Waals surface area contributed by atoms with E-state index in [1.807, 2.05) is 19.1 Å². The maximum absolute atomic E-state index is 4.60. The fourth-order valence-corrected chi connectivity index (χ4v) is 2.60. The minimum Gasteiger partial charge on any atom is -0.340 e. The Kier molecular flexibility index (Phi) is 4.70. The van der Waals surface area contributed by atoms with Gasteiger partial charge in [-0.1, -0.05) is 12.1 Å². The number of hydrogen-bond donors (Lipinski definition) is 2. The van der Waals surface area contributed by atoms with Crippen molar-refractivity contribution in [3.05, 3.63) is 70.4 Å². The molecular formula is C21H24N4. The van der Waals surface area contributed by atoms with Crippen molar-refractivity contribution < 1.29 is 0 Å². The van der Waals surface area contributed by atoms with Gasteiger partial charge in [0, 0.05) is 23.1 Å². The van der Waals surface area contributed by atoms with Crippen LogP contribution in [0.15, 0.2) is 42.5 Å². The lowest BCUT2D eigenvalue weighted by Crippen LogP contribution is -2.03. The minimum absolute atomic E-state index is 0.592. The van der Waals surface area contributed by atoms with Gasteiger partial charge in [0.2, 0.25) is 5.95 Å². The van der Waals surface area contributed by atoms with Crippen LogP contribution in [-0.4, -0.2) is 9.97 Å². The number of anilines is 4. The van der Waals surface area contributed by atoms with Crippen LogP contribution in [0.1, 0.15) is 27.9 Å². The fraction of sp³-hybridized carbons (Fsp3) is 0.238. The Hall–Kier alpha value is -2.88. The molecule has 1 heterocycles. The zero-order chi connectivity index (χ0) is 18.0. The number of aromatic nitrogens is 2. The van der Waals surface area contributed by atoms with Gasteiger partial charge in [-0.3, -0.25) is 0 Å². The first-order valence-corrected chi connectivity index (χ1v) is 8.45. The Bertz CT molecular complexity index is 844. The van der Waals surface area contributed by atoms with Crippen molar-refractivity contribution in [1.82, 2.24) is 9.97 Å². The summed E-state index contributed by atoms with van der Waals surface area (Å²) < 4.78 is 0. The van der Waals surface area contributed by atoms with Crippen LogP contribution < -0.4 is 10.6 Å². The molecular weight excluding hydrogens is 308 g/mol. The molecule has 0 unspecified atom stereocenters. The van der Waals surface area contributed by atoms with E-state index in [4.69, 9.17) is 0 Å². The van der Waals surface area contributed by atoms with Gasteiger partial charge in [0.05, 0.1) is 0 Å². The number of nitrogens with one attached hydrogen (secondary N) is 2. The zero-order valence-corrected chi connectivity index (χ0v) is 15.4. The molecule has 2 aromatic carbocycles. The molecule has 0 atom stereocenters. The highest BCUT2D eigenvalue weighted by Gasteiger charge is 2.05. The number of benzene rings is 2. The van der Waals surface area contributed by atoms with E-state index in [2.05, 4.69) is 78.6 Å². The van der Waals surface area contributed by atoms with Crippen LogP contribution in [0.3, 0.4) is 0 Å². The summed E-state index contributed by atoms with van der Waals surface area (Å²) in [7, 11) is 0. The Balaban J connectivity index is 1.84. The summed E-state index contributed by atoms with van der Waals surface area (Å²) in [6.07, 6.45) is 0. The van der Waals surface area contributed by atoms with Crippen LogP contribution in [0.5, 0.6) is 0 Å². The van der Waals surface area contributed by atoms with Gasteiger partial charge in [-0.2, -0.15) is 4.98 Å². The van der Waals surface area contributed by atoms with E-state index in [1.54, 1.807) is 0 Å². The fourth-order valence-electron chi connectivity index (χ4n) is 2.60. The summed E-state index contributed by atoms with van der Waals surface area (Å²) in [6.45, 7) is 10.4. The average Bonchev–Trinajstić information content (AvgIpc) is 2.54. The molecule has 0 amide bonds. The number of aryl methyl sites for hydroxylation is 5. The Labute approximate surface area is 149 Å². The minimum atomic E-state index is 0.592. The summed E-state index contributed by atoms with van der Waals surface area (Å²) in [6, 6.07) is 14.5. The first-order chi connectivity index (χ1) is 11.9. The van der Waals surface area contributed by atoms with E-state index in [1.165, 1.54) is 22.3 Å². The molecule has 0 aliphatic carbocycles. The van der Waals surface area contributed by atoms with Gasteiger partial charge >= 0.3 is 0 Å². The third-order valence-corrected chi connectivity index (χ3v) is 4.40. The second kappa shape index (κ2) is 6.93. The van der Waals surface area contributed by atoms with Crippen molar-refractivity contribution in [2.45, 2.75) is 34.6 Å². The maximum atomic E-state index is 4.60. The molecule has 4 heteroatoms. The average molecular weight is 332 g/mol. The smallest absolute Gasteiger partial charge is 0.229 e. The lowest BCUT2D eigenvalue weighted by Gasteiger charge is -2.12. The summed E-state index contributed by atoms with van der Waals surface area (Å²) in [5, 5.41) is 6.67. The Morgan fingerprint density at radius 3 is 1.72 bits per heavy atom. The van der Waals surface area contributed by atoms with Gasteiger partial charge in [0.1, 0.15) is 5.82 Å². The molecule has 25 heavy (non-hydrogen) atoms. The molecule has 4 nitrogen and oxygen atoms in total. The first kappa shape index (κ1) is 17.0. The molecule has 0 radical (unpaired) electrons. The molecule has 0 fully saturated rings. The second-order valence-electron chi connectivity index (χ2n) is 6.57. The summed E-state index contributed by atoms with van der Waals surface area (Å²) >= 11 is 0.